The molecule has 1 N–H and O–H groups in total. The van der Waals surface area contributed by atoms with Crippen LogP contribution in [0.15, 0.2) is 36.0 Å². The molecule has 1 saturated heterocycles. The van der Waals surface area contributed by atoms with Crippen molar-refractivity contribution in [1.82, 2.24) is 10.2 Å². The van der Waals surface area contributed by atoms with E-state index in [9.17, 15) is 9.59 Å². The van der Waals surface area contributed by atoms with Crippen LogP contribution < -0.4 is 5.32 Å². The molecule has 1 aromatic rings. The molecule has 5 aliphatic rings. The normalized spacial score (nSPS) is 37.8. The van der Waals surface area contributed by atoms with Crippen molar-refractivity contribution in [3.8, 4) is 0 Å². The summed E-state index contributed by atoms with van der Waals surface area (Å²) in [4.78, 5) is 28.9. The zero-order valence-electron chi connectivity index (χ0n) is 21.2. The lowest BCUT2D eigenvalue weighted by Crippen LogP contribution is -2.59. The van der Waals surface area contributed by atoms with Gasteiger partial charge in [0.25, 0.3) is 0 Å². The second-order valence-corrected chi connectivity index (χ2v) is 13.2. The van der Waals surface area contributed by atoms with E-state index in [0.717, 1.165) is 49.3 Å². The third-order valence-corrected chi connectivity index (χ3v) is 11.1. The summed E-state index contributed by atoms with van der Waals surface area (Å²) in [7, 11) is 0. The Labute approximate surface area is 214 Å². The molecule has 1 aromatic carbocycles. The number of fused-ring (bicyclic) bond motifs is 5. The molecule has 0 unspecified atom stereocenters. The number of nitrogens with zero attached hydrogens (tertiary/aromatic N) is 1. The van der Waals surface area contributed by atoms with Gasteiger partial charge in [-0.05, 0) is 85.8 Å². The number of piperidine rings is 1. The lowest BCUT2D eigenvalue weighted by atomic mass is 9.50. The monoisotopic (exact) mass is 494 g/mol. The highest BCUT2D eigenvalue weighted by Gasteiger charge is 2.58. The Morgan fingerprint density at radius 3 is 2.49 bits per heavy atom. The van der Waals surface area contributed by atoms with Crippen molar-refractivity contribution in [2.24, 2.45) is 28.6 Å². The Balaban J connectivity index is 1.30. The van der Waals surface area contributed by atoms with Crippen LogP contribution >= 0.6 is 11.6 Å². The third-order valence-electron chi connectivity index (χ3n) is 10.8. The van der Waals surface area contributed by atoms with Crippen LogP contribution in [0.2, 0.25) is 5.02 Å². The van der Waals surface area contributed by atoms with Gasteiger partial charge in [-0.25, -0.2) is 4.79 Å². The predicted molar refractivity (Wildman–Crippen MR) is 139 cm³/mol. The van der Waals surface area contributed by atoms with Gasteiger partial charge < -0.3 is 5.32 Å². The van der Waals surface area contributed by atoms with Gasteiger partial charge in [-0.2, -0.15) is 0 Å². The molecule has 6 rings (SSSR count). The third kappa shape index (κ3) is 3.69. The average molecular weight is 495 g/mol. The fourth-order valence-corrected chi connectivity index (χ4v) is 9.25. The molecule has 5 atom stereocenters. The number of urea groups is 1. The first-order chi connectivity index (χ1) is 16.7. The largest absolute Gasteiger partial charge is 0.328 e. The number of benzene rings is 1. The van der Waals surface area contributed by atoms with Gasteiger partial charge in [-0.1, -0.05) is 62.9 Å². The number of amides is 2. The number of hydrogen-bond acceptors (Lipinski definition) is 2. The minimum Gasteiger partial charge on any atom is -0.328 e. The Morgan fingerprint density at radius 2 is 1.74 bits per heavy atom. The van der Waals surface area contributed by atoms with Gasteiger partial charge >= 0.3 is 6.03 Å². The molecule has 0 radical (unpaired) electrons. The fourth-order valence-electron chi connectivity index (χ4n) is 9.12. The number of carbonyl (C=O) groups excluding carboxylic acids is 2. The van der Waals surface area contributed by atoms with Crippen LogP contribution in [0.1, 0.15) is 90.0 Å². The molecule has 1 heterocycles. The van der Waals surface area contributed by atoms with Gasteiger partial charge in [0.15, 0.2) is 5.78 Å². The minimum absolute atomic E-state index is 0.104. The van der Waals surface area contributed by atoms with Gasteiger partial charge in [-0.15, -0.1) is 0 Å². The van der Waals surface area contributed by atoms with E-state index in [4.69, 9.17) is 11.6 Å². The van der Waals surface area contributed by atoms with Crippen LogP contribution in [0, 0.1) is 28.6 Å². The van der Waals surface area contributed by atoms with Crippen molar-refractivity contribution in [3.05, 3.63) is 46.6 Å². The summed E-state index contributed by atoms with van der Waals surface area (Å²) >= 11 is 6.16. The number of hydrogen-bond donors (Lipinski definition) is 1. The summed E-state index contributed by atoms with van der Waals surface area (Å²) in [5.74, 6) is 2.11. The van der Waals surface area contributed by atoms with Crippen LogP contribution in [0.5, 0.6) is 0 Å². The highest BCUT2D eigenvalue weighted by molar-refractivity contribution is 6.30. The number of nitrogens with one attached hydrogen (secondary N) is 1. The number of allylic oxidation sites excluding steroid dienone is 2. The highest BCUT2D eigenvalue weighted by Crippen LogP contribution is 2.64. The van der Waals surface area contributed by atoms with Gasteiger partial charge in [0.05, 0.1) is 12.1 Å². The topological polar surface area (TPSA) is 49.4 Å². The Bertz CT molecular complexity index is 1060. The van der Waals surface area contributed by atoms with E-state index in [0.29, 0.717) is 28.7 Å². The molecule has 5 heteroatoms. The van der Waals surface area contributed by atoms with E-state index < -0.39 is 0 Å². The van der Waals surface area contributed by atoms with E-state index in [1.165, 1.54) is 32.1 Å². The van der Waals surface area contributed by atoms with E-state index in [1.807, 2.05) is 29.2 Å². The van der Waals surface area contributed by atoms with E-state index in [-0.39, 0.29) is 29.3 Å². The van der Waals surface area contributed by atoms with E-state index in [2.05, 4.69) is 25.2 Å². The standard InChI is InChI=1S/C30H39ClN2O2/c1-28-14-5-6-24(28)23-11-12-26-29(2,25(23)13-17-28)18-22(34)19-33(26)27(35)32-30(15-3-4-16-30)20-7-9-21(31)10-8-20/h7-10,12,23-25H,3-6,11,13-19H2,1-2H3,(H,32,35)/t23-,24-,25-,28-,29+/m0/s1. The van der Waals surface area contributed by atoms with Gasteiger partial charge in [-0.3, -0.25) is 9.69 Å². The SMILES string of the molecule is C[C@@]12CCC[C@H]1[C@@H]1CC=C3N(C(=O)NC4(c5ccc(Cl)cc5)CCCC4)CC(=O)C[C@]3(C)[C@H]1CC2. The highest BCUT2D eigenvalue weighted by atomic mass is 35.5. The van der Waals surface area contributed by atoms with Crippen LogP contribution in [-0.4, -0.2) is 23.3 Å². The number of ketones is 1. The van der Waals surface area contributed by atoms with Crippen LogP contribution in [0.25, 0.3) is 0 Å². The van der Waals surface area contributed by atoms with Crippen molar-refractivity contribution in [3.63, 3.8) is 0 Å². The molecule has 35 heavy (non-hydrogen) atoms. The van der Waals surface area contributed by atoms with E-state index >= 15 is 0 Å². The zero-order valence-corrected chi connectivity index (χ0v) is 22.0. The van der Waals surface area contributed by atoms with Gasteiger partial charge in [0.1, 0.15) is 0 Å². The number of halogens is 1. The Kier molecular flexibility index (Phi) is 5.63. The van der Waals surface area contributed by atoms with Crippen LogP contribution in [0.3, 0.4) is 0 Å². The minimum atomic E-state index is -0.382. The van der Waals surface area contributed by atoms with Crippen molar-refractivity contribution in [2.75, 3.05) is 6.54 Å². The lowest BCUT2D eigenvalue weighted by Gasteiger charge is -2.57. The van der Waals surface area contributed by atoms with E-state index in [1.54, 1.807) is 0 Å². The number of likely N-dealkylation sites (tertiary alicyclic amines) is 1. The Morgan fingerprint density at radius 1 is 1.00 bits per heavy atom. The van der Waals surface area contributed by atoms with Crippen molar-refractivity contribution < 1.29 is 9.59 Å². The summed E-state index contributed by atoms with van der Waals surface area (Å²) in [5.41, 5.74) is 2.09. The molecular weight excluding hydrogens is 456 g/mol. The maximum Gasteiger partial charge on any atom is 0.322 e. The maximum absolute atomic E-state index is 13.9. The quantitative estimate of drug-likeness (QED) is 0.471. The van der Waals surface area contributed by atoms with Gasteiger partial charge in [0.2, 0.25) is 0 Å². The number of carbonyl (C=O) groups is 2. The summed E-state index contributed by atoms with van der Waals surface area (Å²) < 4.78 is 0. The second-order valence-electron chi connectivity index (χ2n) is 12.7. The smallest absolute Gasteiger partial charge is 0.322 e. The second kappa shape index (κ2) is 8.36. The first-order valence-electron chi connectivity index (χ1n) is 13.8. The first-order valence-corrected chi connectivity index (χ1v) is 14.2. The summed E-state index contributed by atoms with van der Waals surface area (Å²) in [6.45, 7) is 4.99. The van der Waals surface area contributed by atoms with Crippen molar-refractivity contribution >= 4 is 23.4 Å². The molecule has 188 valence electrons. The van der Waals surface area contributed by atoms with Gasteiger partial charge in [0, 0.05) is 22.6 Å². The molecule has 0 aromatic heterocycles. The molecule has 0 bridgehead atoms. The van der Waals surface area contributed by atoms with Crippen LogP contribution in [0.4, 0.5) is 4.79 Å². The molecule has 1 aliphatic heterocycles. The summed E-state index contributed by atoms with van der Waals surface area (Å²) in [6, 6.07) is 7.81. The fraction of sp³-hybridized carbons (Fsp3) is 0.667. The molecular formula is C30H39ClN2O2. The molecule has 3 saturated carbocycles. The van der Waals surface area contributed by atoms with Crippen LogP contribution in [-0.2, 0) is 10.3 Å². The maximum atomic E-state index is 13.9. The molecule has 2 amide bonds. The lowest BCUT2D eigenvalue weighted by molar-refractivity contribution is -0.127. The summed E-state index contributed by atoms with van der Waals surface area (Å²) in [5, 5.41) is 4.14. The zero-order chi connectivity index (χ0) is 24.4. The number of rotatable bonds is 2. The van der Waals surface area contributed by atoms with Crippen molar-refractivity contribution in [1.29, 1.82) is 0 Å². The molecule has 0 spiro atoms. The number of Topliss-reactive ketones (excluding diaryl/α,β-unsaturated/α-hetero) is 1. The molecule has 4 aliphatic carbocycles. The predicted octanol–water partition coefficient (Wildman–Crippen LogP) is 7.22. The molecule has 4 fully saturated rings. The average Bonchev–Trinajstić information content (AvgIpc) is 3.45. The first kappa shape index (κ1) is 23.6. The summed E-state index contributed by atoms with van der Waals surface area (Å²) in [6.07, 6.45) is 14.5. The van der Waals surface area contributed by atoms with Crippen molar-refractivity contribution in [2.45, 2.75) is 90.0 Å². The Hall–Kier alpha value is -1.81. The molecule has 4 nitrogen and oxygen atoms in total.